The van der Waals surface area contributed by atoms with E-state index in [1.54, 1.807) is 0 Å². The summed E-state index contributed by atoms with van der Waals surface area (Å²) in [4.78, 5) is 0. The average molecular weight is 218 g/mol. The lowest BCUT2D eigenvalue weighted by atomic mass is 10.1. The Bertz CT molecular complexity index is 386. The van der Waals surface area contributed by atoms with Crippen molar-refractivity contribution in [3.05, 3.63) is 35.4 Å². The molecule has 4 nitrogen and oxygen atoms in total. The van der Waals surface area contributed by atoms with Crippen LogP contribution >= 0.6 is 0 Å². The highest BCUT2D eigenvalue weighted by Crippen LogP contribution is 2.07. The standard InChI is InChI=1S/C12H18N4/c1-3-4-10-5-7-11(8-6-10)9(2)15-16-12(13)14/h5-8H,3-4H2,1-2H3,(H4,13,14,16). The Morgan fingerprint density at radius 3 is 2.25 bits per heavy atom. The van der Waals surface area contributed by atoms with E-state index in [0.717, 1.165) is 24.1 Å². The molecule has 0 aliphatic rings. The topological polar surface area (TPSA) is 76.8 Å². The number of nitrogens with two attached hydrogens (primary N) is 2. The molecule has 0 amide bonds. The Morgan fingerprint density at radius 2 is 1.75 bits per heavy atom. The van der Waals surface area contributed by atoms with Crippen LogP contribution in [0.3, 0.4) is 0 Å². The molecule has 4 N–H and O–H groups in total. The van der Waals surface area contributed by atoms with Crippen molar-refractivity contribution in [2.24, 2.45) is 21.7 Å². The highest BCUT2D eigenvalue weighted by molar-refractivity contribution is 5.99. The highest BCUT2D eigenvalue weighted by atomic mass is 15.3. The third-order valence-electron chi connectivity index (χ3n) is 2.23. The van der Waals surface area contributed by atoms with E-state index in [2.05, 4.69) is 29.3 Å². The second kappa shape index (κ2) is 5.90. The maximum atomic E-state index is 5.20. The van der Waals surface area contributed by atoms with E-state index in [1.165, 1.54) is 5.56 Å². The fourth-order valence-corrected chi connectivity index (χ4v) is 1.39. The van der Waals surface area contributed by atoms with Crippen LogP contribution in [0.2, 0.25) is 0 Å². The lowest BCUT2D eigenvalue weighted by Crippen LogP contribution is -2.22. The normalized spacial score (nSPS) is 11.2. The van der Waals surface area contributed by atoms with Crippen molar-refractivity contribution in [2.45, 2.75) is 26.7 Å². The maximum Gasteiger partial charge on any atom is 0.211 e. The van der Waals surface area contributed by atoms with E-state index in [4.69, 9.17) is 11.5 Å². The molecule has 1 aromatic rings. The lowest BCUT2D eigenvalue weighted by molar-refractivity contribution is 0.922. The zero-order valence-corrected chi connectivity index (χ0v) is 9.77. The summed E-state index contributed by atoms with van der Waals surface area (Å²) in [6.07, 6.45) is 2.25. The Labute approximate surface area is 96.1 Å². The van der Waals surface area contributed by atoms with Crippen molar-refractivity contribution in [1.82, 2.24) is 0 Å². The Balaban J connectivity index is 2.81. The van der Waals surface area contributed by atoms with Crippen LogP contribution in [0.1, 0.15) is 31.4 Å². The van der Waals surface area contributed by atoms with Gasteiger partial charge in [-0.05, 0) is 24.5 Å². The van der Waals surface area contributed by atoms with E-state index in [-0.39, 0.29) is 5.96 Å². The molecule has 16 heavy (non-hydrogen) atoms. The molecule has 0 radical (unpaired) electrons. The molecule has 0 aliphatic carbocycles. The lowest BCUT2D eigenvalue weighted by Gasteiger charge is -2.01. The number of hydrogen-bond acceptors (Lipinski definition) is 2. The number of nitrogens with zero attached hydrogens (tertiary/aromatic N) is 2. The van der Waals surface area contributed by atoms with Gasteiger partial charge in [0.05, 0.1) is 5.71 Å². The highest BCUT2D eigenvalue weighted by Gasteiger charge is 1.97. The number of benzene rings is 1. The summed E-state index contributed by atoms with van der Waals surface area (Å²) >= 11 is 0. The van der Waals surface area contributed by atoms with E-state index in [9.17, 15) is 0 Å². The van der Waals surface area contributed by atoms with Gasteiger partial charge in [-0.25, -0.2) is 0 Å². The Kier molecular flexibility index (Phi) is 4.51. The van der Waals surface area contributed by atoms with Crippen LogP contribution in [0.5, 0.6) is 0 Å². The van der Waals surface area contributed by atoms with Crippen LogP contribution in [-0.4, -0.2) is 11.7 Å². The summed E-state index contributed by atoms with van der Waals surface area (Å²) in [7, 11) is 0. The van der Waals surface area contributed by atoms with Gasteiger partial charge in [0.2, 0.25) is 5.96 Å². The third-order valence-corrected chi connectivity index (χ3v) is 2.23. The zero-order chi connectivity index (χ0) is 12.0. The van der Waals surface area contributed by atoms with Crippen molar-refractivity contribution >= 4 is 11.7 Å². The molecule has 0 atom stereocenters. The molecular formula is C12H18N4. The summed E-state index contributed by atoms with van der Waals surface area (Å²) in [5, 5.41) is 7.54. The van der Waals surface area contributed by atoms with Crippen LogP contribution < -0.4 is 11.5 Å². The first-order valence-corrected chi connectivity index (χ1v) is 5.36. The van der Waals surface area contributed by atoms with Crippen LogP contribution in [-0.2, 0) is 6.42 Å². The molecule has 0 heterocycles. The molecule has 0 spiro atoms. The summed E-state index contributed by atoms with van der Waals surface area (Å²) in [6, 6.07) is 8.28. The molecule has 0 saturated heterocycles. The summed E-state index contributed by atoms with van der Waals surface area (Å²) in [6.45, 7) is 4.04. The SMILES string of the molecule is CCCc1ccc(C(C)=NN=C(N)N)cc1. The third kappa shape index (κ3) is 3.73. The first-order chi connectivity index (χ1) is 7.63. The molecule has 1 rings (SSSR count). The summed E-state index contributed by atoms with van der Waals surface area (Å²) in [5.41, 5.74) is 13.6. The fourth-order valence-electron chi connectivity index (χ4n) is 1.39. The van der Waals surface area contributed by atoms with Gasteiger partial charge >= 0.3 is 0 Å². The van der Waals surface area contributed by atoms with Crippen molar-refractivity contribution in [3.63, 3.8) is 0 Å². The molecule has 1 aromatic carbocycles. The zero-order valence-electron chi connectivity index (χ0n) is 9.77. The first-order valence-electron chi connectivity index (χ1n) is 5.36. The quantitative estimate of drug-likeness (QED) is 0.458. The van der Waals surface area contributed by atoms with Gasteiger partial charge < -0.3 is 11.5 Å². The van der Waals surface area contributed by atoms with Gasteiger partial charge in [0.15, 0.2) is 0 Å². The minimum atomic E-state index is -0.0260. The number of aryl methyl sites for hydroxylation is 1. The number of hydrogen-bond donors (Lipinski definition) is 2. The average Bonchev–Trinajstić information content (AvgIpc) is 2.27. The van der Waals surface area contributed by atoms with E-state index < -0.39 is 0 Å². The minimum absolute atomic E-state index is 0.0260. The Morgan fingerprint density at radius 1 is 1.12 bits per heavy atom. The van der Waals surface area contributed by atoms with Gasteiger partial charge in [0.1, 0.15) is 0 Å². The molecule has 0 saturated carbocycles. The van der Waals surface area contributed by atoms with E-state index in [0.29, 0.717) is 0 Å². The largest absolute Gasteiger partial charge is 0.369 e. The van der Waals surface area contributed by atoms with Crippen LogP contribution in [0.25, 0.3) is 0 Å². The van der Waals surface area contributed by atoms with Gasteiger partial charge in [-0.15, -0.1) is 5.10 Å². The molecule has 0 unspecified atom stereocenters. The van der Waals surface area contributed by atoms with Gasteiger partial charge in [0.25, 0.3) is 0 Å². The van der Waals surface area contributed by atoms with Gasteiger partial charge in [-0.3, -0.25) is 0 Å². The van der Waals surface area contributed by atoms with E-state index in [1.807, 2.05) is 19.1 Å². The van der Waals surface area contributed by atoms with Gasteiger partial charge in [0, 0.05) is 0 Å². The minimum Gasteiger partial charge on any atom is -0.369 e. The molecule has 0 aliphatic heterocycles. The van der Waals surface area contributed by atoms with Crippen molar-refractivity contribution in [3.8, 4) is 0 Å². The predicted molar refractivity (Wildman–Crippen MR) is 68.5 cm³/mol. The van der Waals surface area contributed by atoms with Crippen LogP contribution in [0.15, 0.2) is 34.5 Å². The smallest absolute Gasteiger partial charge is 0.211 e. The fraction of sp³-hybridized carbons (Fsp3) is 0.333. The molecular weight excluding hydrogens is 200 g/mol. The van der Waals surface area contributed by atoms with Crippen LogP contribution in [0.4, 0.5) is 0 Å². The first kappa shape index (κ1) is 12.2. The van der Waals surface area contributed by atoms with Crippen molar-refractivity contribution in [1.29, 1.82) is 0 Å². The number of guanidine groups is 1. The molecule has 0 fully saturated rings. The van der Waals surface area contributed by atoms with Crippen molar-refractivity contribution in [2.75, 3.05) is 0 Å². The maximum absolute atomic E-state index is 5.20. The van der Waals surface area contributed by atoms with Gasteiger partial charge in [-0.1, -0.05) is 37.6 Å². The summed E-state index contributed by atoms with van der Waals surface area (Å²) < 4.78 is 0. The number of rotatable bonds is 4. The molecule has 86 valence electrons. The van der Waals surface area contributed by atoms with Gasteiger partial charge in [-0.2, -0.15) is 5.10 Å². The second-order valence-corrected chi connectivity index (χ2v) is 3.66. The van der Waals surface area contributed by atoms with Crippen molar-refractivity contribution < 1.29 is 0 Å². The monoisotopic (exact) mass is 218 g/mol. The second-order valence-electron chi connectivity index (χ2n) is 3.66. The Hall–Kier alpha value is -1.84. The molecule has 0 bridgehead atoms. The molecule has 0 aromatic heterocycles. The predicted octanol–water partition coefficient (Wildman–Crippen LogP) is 1.64. The van der Waals surface area contributed by atoms with Crippen LogP contribution in [0, 0.1) is 0 Å². The van der Waals surface area contributed by atoms with E-state index >= 15 is 0 Å². The molecule has 4 heteroatoms. The summed E-state index contributed by atoms with van der Waals surface area (Å²) in [5.74, 6) is -0.0260.